The zero-order valence-electron chi connectivity index (χ0n) is 15.3. The Morgan fingerprint density at radius 3 is 2.61 bits per heavy atom. The Hall–Kier alpha value is -3.03. The Kier molecular flexibility index (Phi) is 3.99. The summed E-state index contributed by atoms with van der Waals surface area (Å²) >= 11 is 0. The number of hydrogen-bond donors (Lipinski definition) is 1. The van der Waals surface area contributed by atoms with E-state index in [9.17, 15) is 14.0 Å². The van der Waals surface area contributed by atoms with Crippen LogP contribution in [0.4, 0.5) is 4.39 Å². The van der Waals surface area contributed by atoms with E-state index in [4.69, 9.17) is 4.98 Å². The van der Waals surface area contributed by atoms with Crippen molar-refractivity contribution in [3.05, 3.63) is 58.2 Å². The van der Waals surface area contributed by atoms with Gasteiger partial charge in [-0.2, -0.15) is 0 Å². The van der Waals surface area contributed by atoms with Crippen molar-refractivity contribution in [1.29, 1.82) is 0 Å². The molecule has 2 fully saturated rings. The zero-order chi connectivity index (χ0) is 19.3. The van der Waals surface area contributed by atoms with Crippen LogP contribution in [-0.2, 0) is 17.8 Å². The lowest BCUT2D eigenvalue weighted by molar-refractivity contribution is -0.116. The highest BCUT2D eigenvalue weighted by Crippen LogP contribution is 2.39. The third kappa shape index (κ3) is 3.30. The van der Waals surface area contributed by atoms with Crippen molar-refractivity contribution < 1.29 is 9.18 Å². The topological polar surface area (TPSA) is 81.8 Å². The minimum atomic E-state index is -0.354. The summed E-state index contributed by atoms with van der Waals surface area (Å²) in [5, 5.41) is 0. The molecule has 0 atom stereocenters. The predicted molar refractivity (Wildman–Crippen MR) is 101 cm³/mol. The van der Waals surface area contributed by atoms with E-state index in [0.717, 1.165) is 19.4 Å². The number of halogens is 1. The van der Waals surface area contributed by atoms with E-state index in [1.165, 1.54) is 29.7 Å². The first kappa shape index (κ1) is 17.1. The van der Waals surface area contributed by atoms with E-state index in [-0.39, 0.29) is 35.1 Å². The third-order valence-electron chi connectivity index (χ3n) is 5.27. The molecule has 2 aliphatic carbocycles. The summed E-state index contributed by atoms with van der Waals surface area (Å²) in [5.74, 6) is 0.693. The van der Waals surface area contributed by atoms with Gasteiger partial charge in [-0.3, -0.25) is 15.0 Å². The number of rotatable bonds is 6. The van der Waals surface area contributed by atoms with Crippen LogP contribution in [0.5, 0.6) is 0 Å². The van der Waals surface area contributed by atoms with Crippen molar-refractivity contribution in [3.63, 3.8) is 0 Å². The van der Waals surface area contributed by atoms with Crippen molar-refractivity contribution in [1.82, 2.24) is 19.2 Å². The second-order valence-electron chi connectivity index (χ2n) is 7.74. The van der Waals surface area contributed by atoms with Crippen molar-refractivity contribution >= 4 is 17.1 Å². The molecule has 0 bridgehead atoms. The fourth-order valence-corrected chi connectivity index (χ4v) is 3.40. The molecule has 28 heavy (non-hydrogen) atoms. The van der Waals surface area contributed by atoms with Gasteiger partial charge in [0.1, 0.15) is 11.6 Å². The fraction of sp³-hybridized carbons (Fsp3) is 0.400. The number of hydrogen-bond acceptors (Lipinski definition) is 4. The molecule has 2 saturated carbocycles. The number of carbonyl (C=O) groups excluding carboxylic acids is 1. The maximum absolute atomic E-state index is 13.0. The third-order valence-corrected chi connectivity index (χ3v) is 5.27. The van der Waals surface area contributed by atoms with Gasteiger partial charge in [-0.25, -0.2) is 19.0 Å². The van der Waals surface area contributed by atoms with Gasteiger partial charge >= 0.3 is 5.56 Å². The summed E-state index contributed by atoms with van der Waals surface area (Å²) in [4.78, 5) is 34.5. The number of carbonyl (C=O) groups is 1. The summed E-state index contributed by atoms with van der Waals surface area (Å²) in [6, 6.07) is 5.73. The first-order valence-electron chi connectivity index (χ1n) is 9.60. The van der Waals surface area contributed by atoms with Crippen LogP contribution in [0.25, 0.3) is 11.2 Å². The van der Waals surface area contributed by atoms with Crippen molar-refractivity contribution in [2.45, 2.75) is 44.6 Å². The highest BCUT2D eigenvalue weighted by Gasteiger charge is 2.31. The number of benzene rings is 1. The first-order chi connectivity index (χ1) is 13.6. The maximum Gasteiger partial charge on any atom is 0.300 e. The lowest BCUT2D eigenvalue weighted by Crippen LogP contribution is -2.37. The van der Waals surface area contributed by atoms with Gasteiger partial charge in [0.2, 0.25) is 5.91 Å². The Bertz CT molecular complexity index is 1110. The number of fused-ring (bicyclic) bond motifs is 1. The molecule has 3 aromatic rings. The van der Waals surface area contributed by atoms with Crippen LogP contribution in [0.15, 0.2) is 35.4 Å². The van der Waals surface area contributed by atoms with Gasteiger partial charge < -0.3 is 4.57 Å². The van der Waals surface area contributed by atoms with Crippen LogP contribution in [0.1, 0.15) is 43.0 Å². The van der Waals surface area contributed by atoms with Crippen LogP contribution >= 0.6 is 0 Å². The van der Waals surface area contributed by atoms with E-state index < -0.39 is 0 Å². The lowest BCUT2D eigenvalue weighted by Gasteiger charge is -2.13. The summed E-state index contributed by atoms with van der Waals surface area (Å²) < 4.78 is 16.2. The van der Waals surface area contributed by atoms with E-state index >= 15 is 0 Å². The second-order valence-corrected chi connectivity index (χ2v) is 7.74. The predicted octanol–water partition coefficient (Wildman–Crippen LogP) is 2.33. The van der Waals surface area contributed by atoms with E-state index in [0.29, 0.717) is 23.0 Å². The van der Waals surface area contributed by atoms with Gasteiger partial charge in [0.05, 0.1) is 12.7 Å². The molecule has 144 valence electrons. The van der Waals surface area contributed by atoms with E-state index in [1.54, 1.807) is 18.5 Å². The molecule has 2 aromatic heterocycles. The molecule has 1 aromatic carbocycles. The number of amides is 1. The summed E-state index contributed by atoms with van der Waals surface area (Å²) in [6.45, 7) is 0.827. The highest BCUT2D eigenvalue weighted by molar-refractivity contribution is 5.86. The Labute approximate surface area is 160 Å². The monoisotopic (exact) mass is 381 g/mol. The number of nitrogens with one attached hydrogen (secondary N) is 1. The standard InChI is InChI=1S/C20H20FN5O2/c21-15-7-3-12(4-8-15)9-16(27)24-26-18(14-5-6-14)23-19-17(20(26)28)22-11-25(19)10-13-1-2-13/h3-4,7-8,11,13-14H,1-2,5-6,9-10H2,(H,24,27). The fourth-order valence-electron chi connectivity index (χ4n) is 3.40. The average molecular weight is 381 g/mol. The molecule has 5 rings (SSSR count). The summed E-state index contributed by atoms with van der Waals surface area (Å²) in [6.07, 6.45) is 6.01. The van der Waals surface area contributed by atoms with Crippen molar-refractivity contribution in [2.75, 3.05) is 5.43 Å². The van der Waals surface area contributed by atoms with Crippen LogP contribution in [0.3, 0.4) is 0 Å². The molecule has 0 radical (unpaired) electrons. The zero-order valence-corrected chi connectivity index (χ0v) is 15.3. The van der Waals surface area contributed by atoms with Crippen LogP contribution in [0.2, 0.25) is 0 Å². The molecule has 1 N–H and O–H groups in total. The summed E-state index contributed by atoms with van der Waals surface area (Å²) in [5.41, 5.74) is 3.86. The molecule has 0 unspecified atom stereocenters. The lowest BCUT2D eigenvalue weighted by atomic mass is 10.1. The molecule has 0 spiro atoms. The molecule has 8 heteroatoms. The molecule has 0 saturated heterocycles. The first-order valence-corrected chi connectivity index (χ1v) is 9.60. The molecular weight excluding hydrogens is 361 g/mol. The quantitative estimate of drug-likeness (QED) is 0.711. The normalized spacial score (nSPS) is 16.5. The molecular formula is C20H20FN5O2. The molecule has 0 aliphatic heterocycles. The van der Waals surface area contributed by atoms with Gasteiger partial charge in [0.15, 0.2) is 11.2 Å². The Balaban J connectivity index is 1.46. The highest BCUT2D eigenvalue weighted by atomic mass is 19.1. The smallest absolute Gasteiger partial charge is 0.300 e. The largest absolute Gasteiger partial charge is 0.315 e. The second kappa shape index (κ2) is 6.54. The number of imidazole rings is 1. The van der Waals surface area contributed by atoms with E-state index in [1.807, 2.05) is 4.57 Å². The van der Waals surface area contributed by atoms with Gasteiger partial charge in [-0.1, -0.05) is 12.1 Å². The molecule has 2 aliphatic rings. The van der Waals surface area contributed by atoms with Gasteiger partial charge in [0, 0.05) is 12.5 Å². The van der Waals surface area contributed by atoms with Crippen LogP contribution in [-0.4, -0.2) is 25.1 Å². The molecule has 1 amide bonds. The van der Waals surface area contributed by atoms with Crippen LogP contribution in [0, 0.1) is 11.7 Å². The van der Waals surface area contributed by atoms with E-state index in [2.05, 4.69) is 10.4 Å². The Morgan fingerprint density at radius 1 is 1.18 bits per heavy atom. The number of aromatic nitrogens is 4. The SMILES string of the molecule is O=C(Cc1ccc(F)cc1)Nn1c(C2CC2)nc2c(ncn2CC2CC2)c1=O. The van der Waals surface area contributed by atoms with Gasteiger partial charge in [0.25, 0.3) is 0 Å². The van der Waals surface area contributed by atoms with Crippen molar-refractivity contribution in [3.8, 4) is 0 Å². The molecule has 7 nitrogen and oxygen atoms in total. The van der Waals surface area contributed by atoms with Gasteiger partial charge in [-0.05, 0) is 49.3 Å². The minimum absolute atomic E-state index is 0.0466. The average Bonchev–Trinajstić information content (AvgIpc) is 3.59. The number of nitrogens with zero attached hydrogens (tertiary/aromatic N) is 4. The summed E-state index contributed by atoms with van der Waals surface area (Å²) in [7, 11) is 0. The maximum atomic E-state index is 13.0. The van der Waals surface area contributed by atoms with Crippen molar-refractivity contribution in [2.24, 2.45) is 5.92 Å². The van der Waals surface area contributed by atoms with Gasteiger partial charge in [-0.15, -0.1) is 0 Å². The molecule has 2 heterocycles. The van der Waals surface area contributed by atoms with Crippen LogP contribution < -0.4 is 11.0 Å². The minimum Gasteiger partial charge on any atom is -0.315 e. The Morgan fingerprint density at radius 2 is 1.93 bits per heavy atom.